The van der Waals surface area contributed by atoms with Crippen molar-refractivity contribution in [3.8, 4) is 11.4 Å². The van der Waals surface area contributed by atoms with Crippen molar-refractivity contribution in [1.82, 2.24) is 30.0 Å². The van der Waals surface area contributed by atoms with Gasteiger partial charge in [-0.15, -0.1) is 5.10 Å². The van der Waals surface area contributed by atoms with Crippen molar-refractivity contribution in [3.63, 3.8) is 0 Å². The Bertz CT molecular complexity index is 1090. The second-order valence-corrected chi connectivity index (χ2v) is 6.10. The van der Waals surface area contributed by atoms with E-state index in [9.17, 15) is 9.18 Å². The van der Waals surface area contributed by atoms with Gasteiger partial charge in [-0.1, -0.05) is 18.2 Å². The molecule has 2 heterocycles. The largest absolute Gasteiger partial charge is 0.484 e. The first-order chi connectivity index (χ1) is 14.2. The Hall–Kier alpha value is -4.08. The number of amides is 1. The molecule has 0 radical (unpaired) electrons. The molecule has 4 aromatic rings. The number of carbonyl (C=O) groups is 1. The van der Waals surface area contributed by atoms with Gasteiger partial charge in [-0.3, -0.25) is 9.48 Å². The molecule has 0 fully saturated rings. The summed E-state index contributed by atoms with van der Waals surface area (Å²) in [6, 6.07) is 13.5. The predicted molar refractivity (Wildman–Crippen MR) is 101 cm³/mol. The summed E-state index contributed by atoms with van der Waals surface area (Å²) in [5.41, 5.74) is 1.79. The molecule has 0 unspecified atom stereocenters. The van der Waals surface area contributed by atoms with Crippen molar-refractivity contribution in [2.24, 2.45) is 0 Å². The number of hydrogen-bond acceptors (Lipinski definition) is 6. The highest BCUT2D eigenvalue weighted by Crippen LogP contribution is 2.15. The summed E-state index contributed by atoms with van der Waals surface area (Å²) >= 11 is 0. The first kappa shape index (κ1) is 18.3. The van der Waals surface area contributed by atoms with Gasteiger partial charge in [0.2, 0.25) is 0 Å². The summed E-state index contributed by atoms with van der Waals surface area (Å²) in [7, 11) is 0. The summed E-state index contributed by atoms with van der Waals surface area (Å²) in [5, 5.41) is 17.8. The van der Waals surface area contributed by atoms with Crippen molar-refractivity contribution >= 4 is 11.6 Å². The van der Waals surface area contributed by atoms with E-state index in [0.717, 1.165) is 5.69 Å². The lowest BCUT2D eigenvalue weighted by Gasteiger charge is -2.07. The first-order valence-electron chi connectivity index (χ1n) is 8.69. The van der Waals surface area contributed by atoms with Crippen LogP contribution in [0, 0.1) is 5.82 Å². The normalized spacial score (nSPS) is 10.7. The van der Waals surface area contributed by atoms with E-state index < -0.39 is 0 Å². The zero-order valence-corrected chi connectivity index (χ0v) is 15.1. The summed E-state index contributed by atoms with van der Waals surface area (Å²) in [6.45, 7) is 0.107. The molecule has 0 atom stereocenters. The van der Waals surface area contributed by atoms with Crippen molar-refractivity contribution in [3.05, 3.63) is 78.6 Å². The molecule has 4 rings (SSSR count). The average molecular weight is 393 g/mol. The van der Waals surface area contributed by atoms with E-state index in [-0.39, 0.29) is 24.9 Å². The van der Waals surface area contributed by atoms with Gasteiger partial charge >= 0.3 is 0 Å². The first-order valence-corrected chi connectivity index (χ1v) is 8.69. The summed E-state index contributed by atoms with van der Waals surface area (Å²) in [5.74, 6) is -0.0969. The monoisotopic (exact) mass is 393 g/mol. The van der Waals surface area contributed by atoms with Crippen LogP contribution in [0.25, 0.3) is 5.69 Å². The summed E-state index contributed by atoms with van der Waals surface area (Å²) < 4.78 is 22.3. The Morgan fingerprint density at radius 2 is 1.97 bits per heavy atom. The van der Waals surface area contributed by atoms with E-state index in [4.69, 9.17) is 4.74 Å². The highest BCUT2D eigenvalue weighted by molar-refractivity contribution is 5.91. The van der Waals surface area contributed by atoms with Gasteiger partial charge in [0.1, 0.15) is 17.9 Å². The van der Waals surface area contributed by atoms with Crippen LogP contribution >= 0.6 is 0 Å². The van der Waals surface area contributed by atoms with Crippen molar-refractivity contribution in [2.75, 3.05) is 11.9 Å². The molecular formula is C19H16FN7O2. The molecule has 2 aromatic heterocycles. The van der Waals surface area contributed by atoms with Crippen molar-refractivity contribution in [2.45, 2.75) is 6.54 Å². The molecule has 29 heavy (non-hydrogen) atoms. The van der Waals surface area contributed by atoms with Gasteiger partial charge in [0.05, 0.1) is 24.1 Å². The molecule has 0 aliphatic heterocycles. The Balaban J connectivity index is 1.29. The number of carbonyl (C=O) groups excluding carboxylic acids is 1. The smallest absolute Gasteiger partial charge is 0.262 e. The fourth-order valence-electron chi connectivity index (χ4n) is 2.64. The zero-order chi connectivity index (χ0) is 20.1. The van der Waals surface area contributed by atoms with Gasteiger partial charge < -0.3 is 10.1 Å². The van der Waals surface area contributed by atoms with E-state index in [1.807, 2.05) is 0 Å². The topological polar surface area (TPSA) is 99.8 Å². The Kier molecular flexibility index (Phi) is 5.23. The number of nitrogens with one attached hydrogen (secondary N) is 1. The van der Waals surface area contributed by atoms with Gasteiger partial charge in [-0.05, 0) is 40.8 Å². The quantitative estimate of drug-likeness (QED) is 0.516. The minimum Gasteiger partial charge on any atom is -0.484 e. The van der Waals surface area contributed by atoms with Crippen LogP contribution in [0.2, 0.25) is 0 Å². The Labute approximate surface area is 164 Å². The maximum atomic E-state index is 13.7. The third-order valence-electron chi connectivity index (χ3n) is 4.03. The van der Waals surface area contributed by atoms with Gasteiger partial charge in [-0.2, -0.15) is 5.10 Å². The average Bonchev–Trinajstić information content (AvgIpc) is 3.41. The summed E-state index contributed by atoms with van der Waals surface area (Å²) in [6.07, 6.45) is 4.61. The molecule has 0 saturated heterocycles. The zero-order valence-electron chi connectivity index (χ0n) is 15.1. The number of anilines is 1. The molecule has 0 spiro atoms. The fraction of sp³-hybridized carbons (Fsp3) is 0.105. The highest BCUT2D eigenvalue weighted by Gasteiger charge is 2.08. The fourth-order valence-corrected chi connectivity index (χ4v) is 2.64. The van der Waals surface area contributed by atoms with Crippen LogP contribution in [-0.2, 0) is 11.3 Å². The van der Waals surface area contributed by atoms with Gasteiger partial charge in [0.15, 0.2) is 6.61 Å². The van der Waals surface area contributed by atoms with Crippen LogP contribution in [0.15, 0.2) is 67.3 Å². The van der Waals surface area contributed by atoms with E-state index >= 15 is 0 Å². The lowest BCUT2D eigenvalue weighted by molar-refractivity contribution is -0.118. The van der Waals surface area contributed by atoms with Crippen LogP contribution in [-0.4, -0.2) is 42.5 Å². The molecule has 9 nitrogen and oxygen atoms in total. The highest BCUT2D eigenvalue weighted by atomic mass is 19.1. The minimum absolute atomic E-state index is 0.164. The summed E-state index contributed by atoms with van der Waals surface area (Å²) in [4.78, 5) is 12.1. The van der Waals surface area contributed by atoms with E-state index in [0.29, 0.717) is 17.0 Å². The number of ether oxygens (including phenoxy) is 1. The van der Waals surface area contributed by atoms with E-state index in [1.165, 1.54) is 23.3 Å². The molecular weight excluding hydrogens is 377 g/mol. The number of halogens is 1. The SMILES string of the molecule is O=C(COc1ccc(-n2cnnn2)cc1)Nc1cnn(Cc2ccccc2F)c1. The third kappa shape index (κ3) is 4.61. The third-order valence-corrected chi connectivity index (χ3v) is 4.03. The molecule has 0 bridgehead atoms. The van der Waals surface area contributed by atoms with Crippen molar-refractivity contribution in [1.29, 1.82) is 0 Å². The lowest BCUT2D eigenvalue weighted by atomic mass is 10.2. The van der Waals surface area contributed by atoms with E-state index in [2.05, 4.69) is 25.9 Å². The number of rotatable bonds is 7. The second kappa shape index (κ2) is 8.30. The van der Waals surface area contributed by atoms with E-state index in [1.54, 1.807) is 53.3 Å². The molecule has 0 aliphatic carbocycles. The second-order valence-electron chi connectivity index (χ2n) is 6.10. The minimum atomic E-state index is -0.333. The van der Waals surface area contributed by atoms with Gasteiger partial charge in [-0.25, -0.2) is 9.07 Å². The van der Waals surface area contributed by atoms with Crippen LogP contribution in [0.4, 0.5) is 10.1 Å². The molecule has 1 amide bonds. The maximum absolute atomic E-state index is 13.7. The lowest BCUT2D eigenvalue weighted by Crippen LogP contribution is -2.19. The number of aromatic nitrogens is 6. The number of benzene rings is 2. The number of hydrogen-bond donors (Lipinski definition) is 1. The van der Waals surface area contributed by atoms with Crippen LogP contribution < -0.4 is 10.1 Å². The molecule has 146 valence electrons. The molecule has 10 heteroatoms. The molecule has 1 N–H and O–H groups in total. The molecule has 0 aliphatic rings. The maximum Gasteiger partial charge on any atom is 0.262 e. The van der Waals surface area contributed by atoms with Crippen LogP contribution in [0.3, 0.4) is 0 Å². The number of nitrogens with zero attached hydrogens (tertiary/aromatic N) is 6. The Morgan fingerprint density at radius 3 is 2.72 bits per heavy atom. The van der Waals surface area contributed by atoms with Crippen molar-refractivity contribution < 1.29 is 13.9 Å². The standard InChI is InChI=1S/C19H16FN7O2/c20-18-4-2-1-3-14(18)10-26-11-15(9-22-26)23-19(28)12-29-17-7-5-16(6-8-17)27-13-21-24-25-27/h1-9,11,13H,10,12H2,(H,23,28). The number of tetrazole rings is 1. The van der Waals surface area contributed by atoms with Crippen LogP contribution in [0.5, 0.6) is 5.75 Å². The van der Waals surface area contributed by atoms with Crippen LogP contribution in [0.1, 0.15) is 5.56 Å². The predicted octanol–water partition coefficient (Wildman–Crippen LogP) is 2.06. The van der Waals surface area contributed by atoms with Gasteiger partial charge in [0.25, 0.3) is 5.91 Å². The molecule has 0 saturated carbocycles. The Morgan fingerprint density at radius 1 is 1.14 bits per heavy atom. The molecule has 2 aromatic carbocycles. The van der Waals surface area contributed by atoms with Gasteiger partial charge in [0, 0.05) is 11.8 Å².